The second-order valence-corrected chi connectivity index (χ2v) is 3.97. The van der Waals surface area contributed by atoms with Crippen molar-refractivity contribution in [2.45, 2.75) is 38.3 Å². The molecule has 1 aromatic rings. The average Bonchev–Trinajstić information content (AvgIpc) is 2.83. The molecule has 1 heterocycles. The van der Waals surface area contributed by atoms with Crippen LogP contribution in [0.5, 0.6) is 0 Å². The van der Waals surface area contributed by atoms with Crippen molar-refractivity contribution < 1.29 is 4.84 Å². The van der Waals surface area contributed by atoms with Crippen LogP contribution in [-0.2, 0) is 11.4 Å². The number of nitrogens with one attached hydrogen (secondary N) is 1. The molecular weight excluding hydrogens is 202 g/mol. The van der Waals surface area contributed by atoms with Crippen LogP contribution in [0.15, 0.2) is 18.3 Å². The average molecular weight is 217 g/mol. The van der Waals surface area contributed by atoms with E-state index in [0.29, 0.717) is 18.3 Å². The molecule has 0 aliphatic heterocycles. The standard InChI is InChI=1S/C12H15N3O/c13-8-12-10(4-3-7-14-12)9-15-16-11-5-1-2-6-11/h3-4,7,11,15H,1-2,5-6,9H2. The number of rotatable bonds is 4. The highest BCUT2D eigenvalue weighted by atomic mass is 16.7. The minimum Gasteiger partial charge on any atom is -0.298 e. The monoisotopic (exact) mass is 217 g/mol. The fraction of sp³-hybridized carbons (Fsp3) is 0.500. The molecule has 1 aliphatic carbocycles. The summed E-state index contributed by atoms with van der Waals surface area (Å²) in [5, 5.41) is 8.85. The Kier molecular flexibility index (Phi) is 3.86. The van der Waals surface area contributed by atoms with E-state index in [1.54, 1.807) is 6.20 Å². The van der Waals surface area contributed by atoms with Gasteiger partial charge in [-0.15, -0.1) is 0 Å². The van der Waals surface area contributed by atoms with Gasteiger partial charge in [0.05, 0.1) is 6.10 Å². The van der Waals surface area contributed by atoms with Crippen molar-refractivity contribution in [1.29, 1.82) is 5.26 Å². The van der Waals surface area contributed by atoms with Gasteiger partial charge < -0.3 is 0 Å². The maximum atomic E-state index is 8.85. The molecular formula is C12H15N3O. The predicted molar refractivity (Wildman–Crippen MR) is 59.1 cm³/mol. The first kappa shape index (κ1) is 11.1. The lowest BCUT2D eigenvalue weighted by molar-refractivity contribution is -0.0244. The summed E-state index contributed by atoms with van der Waals surface area (Å²) in [7, 11) is 0. The summed E-state index contributed by atoms with van der Waals surface area (Å²) in [6.07, 6.45) is 6.73. The molecule has 0 radical (unpaired) electrons. The van der Waals surface area contributed by atoms with E-state index in [2.05, 4.69) is 16.5 Å². The molecule has 16 heavy (non-hydrogen) atoms. The van der Waals surface area contributed by atoms with E-state index in [0.717, 1.165) is 18.4 Å². The van der Waals surface area contributed by atoms with Gasteiger partial charge in [0.25, 0.3) is 0 Å². The van der Waals surface area contributed by atoms with E-state index >= 15 is 0 Å². The fourth-order valence-electron chi connectivity index (χ4n) is 1.93. The van der Waals surface area contributed by atoms with Crippen LogP contribution in [0.25, 0.3) is 0 Å². The van der Waals surface area contributed by atoms with Crippen molar-refractivity contribution in [3.63, 3.8) is 0 Å². The number of hydroxylamine groups is 1. The Balaban J connectivity index is 1.82. The van der Waals surface area contributed by atoms with Crippen LogP contribution in [0.4, 0.5) is 0 Å². The first-order valence-electron chi connectivity index (χ1n) is 5.62. The largest absolute Gasteiger partial charge is 0.298 e. The van der Waals surface area contributed by atoms with Gasteiger partial charge in [0.1, 0.15) is 11.8 Å². The van der Waals surface area contributed by atoms with E-state index in [9.17, 15) is 0 Å². The van der Waals surface area contributed by atoms with Crippen LogP contribution in [0.3, 0.4) is 0 Å². The molecule has 0 unspecified atom stereocenters. The maximum absolute atomic E-state index is 8.85. The number of hydrogen-bond acceptors (Lipinski definition) is 4. The zero-order valence-electron chi connectivity index (χ0n) is 9.15. The first-order chi connectivity index (χ1) is 7.90. The van der Waals surface area contributed by atoms with Crippen molar-refractivity contribution in [3.05, 3.63) is 29.6 Å². The quantitative estimate of drug-likeness (QED) is 0.783. The normalized spacial score (nSPS) is 16.2. The highest BCUT2D eigenvalue weighted by Crippen LogP contribution is 2.20. The van der Waals surface area contributed by atoms with E-state index in [1.165, 1.54) is 12.8 Å². The molecule has 1 saturated carbocycles. The van der Waals surface area contributed by atoms with Gasteiger partial charge in [0, 0.05) is 18.3 Å². The topological polar surface area (TPSA) is 57.9 Å². The fourth-order valence-corrected chi connectivity index (χ4v) is 1.93. The third kappa shape index (κ3) is 2.78. The minimum absolute atomic E-state index is 0.335. The number of pyridine rings is 1. The summed E-state index contributed by atoms with van der Waals surface area (Å²) >= 11 is 0. The van der Waals surface area contributed by atoms with Crippen molar-refractivity contribution in [1.82, 2.24) is 10.5 Å². The van der Waals surface area contributed by atoms with E-state index < -0.39 is 0 Å². The molecule has 4 heteroatoms. The second kappa shape index (κ2) is 5.59. The van der Waals surface area contributed by atoms with Crippen LogP contribution in [0, 0.1) is 11.3 Å². The summed E-state index contributed by atoms with van der Waals surface area (Å²) in [6.45, 7) is 0.535. The van der Waals surface area contributed by atoms with Crippen molar-refractivity contribution >= 4 is 0 Å². The summed E-state index contributed by atoms with van der Waals surface area (Å²) in [5.41, 5.74) is 4.27. The highest BCUT2D eigenvalue weighted by molar-refractivity contribution is 5.30. The van der Waals surface area contributed by atoms with E-state index in [-0.39, 0.29) is 0 Å². The van der Waals surface area contributed by atoms with Gasteiger partial charge in [-0.2, -0.15) is 10.7 Å². The van der Waals surface area contributed by atoms with Crippen LogP contribution in [-0.4, -0.2) is 11.1 Å². The van der Waals surface area contributed by atoms with E-state index in [4.69, 9.17) is 10.1 Å². The number of aromatic nitrogens is 1. The molecule has 1 aliphatic rings. The molecule has 1 fully saturated rings. The van der Waals surface area contributed by atoms with Crippen molar-refractivity contribution in [3.8, 4) is 6.07 Å². The van der Waals surface area contributed by atoms with Gasteiger partial charge in [-0.25, -0.2) is 4.98 Å². The molecule has 0 saturated heterocycles. The molecule has 84 valence electrons. The second-order valence-electron chi connectivity index (χ2n) is 3.97. The first-order valence-corrected chi connectivity index (χ1v) is 5.62. The zero-order chi connectivity index (χ0) is 11.2. The number of hydrogen-bond donors (Lipinski definition) is 1. The van der Waals surface area contributed by atoms with Crippen molar-refractivity contribution in [2.75, 3.05) is 0 Å². The molecule has 0 amide bonds. The lowest BCUT2D eigenvalue weighted by Crippen LogP contribution is -2.21. The predicted octanol–water partition coefficient (Wildman–Crippen LogP) is 1.92. The molecule has 0 aromatic carbocycles. The van der Waals surface area contributed by atoms with Crippen molar-refractivity contribution in [2.24, 2.45) is 0 Å². The van der Waals surface area contributed by atoms with Gasteiger partial charge in [-0.3, -0.25) is 4.84 Å². The van der Waals surface area contributed by atoms with Gasteiger partial charge in [-0.05, 0) is 18.9 Å². The summed E-state index contributed by atoms with van der Waals surface area (Å²) in [4.78, 5) is 9.51. The minimum atomic E-state index is 0.335. The van der Waals surface area contributed by atoms with Gasteiger partial charge >= 0.3 is 0 Å². The SMILES string of the molecule is N#Cc1ncccc1CNOC1CCCC1. The molecule has 2 rings (SSSR count). The summed E-state index contributed by atoms with van der Waals surface area (Å²) < 4.78 is 0. The Morgan fingerprint density at radius 2 is 2.31 bits per heavy atom. The van der Waals surface area contributed by atoms with Gasteiger partial charge in [-0.1, -0.05) is 18.9 Å². The lowest BCUT2D eigenvalue weighted by Gasteiger charge is -2.11. The van der Waals surface area contributed by atoms with Crippen LogP contribution in [0.1, 0.15) is 36.9 Å². The Morgan fingerprint density at radius 3 is 3.06 bits per heavy atom. The Bertz CT molecular complexity index is 380. The van der Waals surface area contributed by atoms with E-state index in [1.807, 2.05) is 12.1 Å². The molecule has 4 nitrogen and oxygen atoms in total. The Hall–Kier alpha value is -1.44. The summed E-state index contributed by atoms with van der Waals surface area (Å²) in [6, 6.07) is 5.78. The van der Waals surface area contributed by atoms with Gasteiger partial charge in [0.15, 0.2) is 0 Å². The lowest BCUT2D eigenvalue weighted by atomic mass is 10.2. The molecule has 0 spiro atoms. The Morgan fingerprint density at radius 1 is 1.50 bits per heavy atom. The van der Waals surface area contributed by atoms with Gasteiger partial charge in [0.2, 0.25) is 0 Å². The molecule has 1 aromatic heterocycles. The molecule has 1 N–H and O–H groups in total. The van der Waals surface area contributed by atoms with Crippen LogP contribution in [0.2, 0.25) is 0 Å². The number of nitrogens with zero attached hydrogens (tertiary/aromatic N) is 2. The number of nitriles is 1. The smallest absolute Gasteiger partial charge is 0.144 e. The zero-order valence-corrected chi connectivity index (χ0v) is 9.15. The molecule has 0 bridgehead atoms. The van der Waals surface area contributed by atoms with Crippen LogP contribution < -0.4 is 5.48 Å². The Labute approximate surface area is 95.2 Å². The highest BCUT2D eigenvalue weighted by Gasteiger charge is 2.15. The summed E-state index contributed by atoms with van der Waals surface area (Å²) in [5.74, 6) is 0. The third-order valence-electron chi connectivity index (χ3n) is 2.81. The maximum Gasteiger partial charge on any atom is 0.144 e. The molecule has 0 atom stereocenters. The third-order valence-corrected chi connectivity index (χ3v) is 2.81. The van der Waals surface area contributed by atoms with Crippen LogP contribution >= 0.6 is 0 Å².